The third kappa shape index (κ3) is 8.63. The van der Waals surface area contributed by atoms with Crippen molar-refractivity contribution < 1.29 is 27.6 Å². The molecule has 0 bridgehead atoms. The topological polar surface area (TPSA) is 133 Å². The molecule has 2 aromatic carbocycles. The van der Waals surface area contributed by atoms with Gasteiger partial charge >= 0.3 is 12.2 Å². The molecule has 57 heavy (non-hydrogen) atoms. The Kier molecular flexibility index (Phi) is 11.0. The van der Waals surface area contributed by atoms with E-state index < -0.39 is 17.6 Å². The molecule has 0 aliphatic carbocycles. The van der Waals surface area contributed by atoms with Crippen molar-refractivity contribution in [3.63, 3.8) is 0 Å². The fourth-order valence-electron chi connectivity index (χ4n) is 7.50. The van der Waals surface area contributed by atoms with Crippen molar-refractivity contribution in [1.82, 2.24) is 29.7 Å². The molecular formula is C40H46F3N11O3. The van der Waals surface area contributed by atoms with Crippen LogP contribution in [-0.4, -0.2) is 114 Å². The van der Waals surface area contributed by atoms with E-state index in [1.807, 2.05) is 43.0 Å². The second-order valence-electron chi connectivity index (χ2n) is 15.0. The minimum atomic E-state index is -4.64. The molecule has 7 rings (SSSR count). The second kappa shape index (κ2) is 16.0. The van der Waals surface area contributed by atoms with Gasteiger partial charge in [-0.3, -0.25) is 24.3 Å². The maximum atomic E-state index is 14.3. The van der Waals surface area contributed by atoms with Gasteiger partial charge in [0, 0.05) is 88.8 Å². The van der Waals surface area contributed by atoms with Crippen LogP contribution in [0.25, 0.3) is 0 Å². The number of fused-ring (bicyclic) bond motifs is 1. The van der Waals surface area contributed by atoms with Crippen LogP contribution in [0.2, 0.25) is 0 Å². The average molecular weight is 786 g/mol. The molecule has 17 heteroatoms. The molecule has 2 aromatic heterocycles. The Morgan fingerprint density at radius 2 is 1.70 bits per heavy atom. The van der Waals surface area contributed by atoms with Crippen LogP contribution in [-0.2, 0) is 24.1 Å². The van der Waals surface area contributed by atoms with Crippen molar-refractivity contribution in [2.75, 3.05) is 85.7 Å². The van der Waals surface area contributed by atoms with Crippen LogP contribution in [0.1, 0.15) is 46.0 Å². The number of amides is 4. The number of rotatable bonds is 9. The number of likely N-dealkylation sites (tertiary alicyclic amines) is 1. The van der Waals surface area contributed by atoms with E-state index >= 15 is 0 Å². The number of hydrogen-bond donors (Lipinski definition) is 2. The van der Waals surface area contributed by atoms with Crippen molar-refractivity contribution in [2.24, 2.45) is 0 Å². The molecule has 1 unspecified atom stereocenters. The number of likely N-dealkylation sites (N-methyl/N-ethyl adjacent to an activating group) is 1. The van der Waals surface area contributed by atoms with Crippen molar-refractivity contribution in [3.8, 4) is 0 Å². The summed E-state index contributed by atoms with van der Waals surface area (Å²) in [4.78, 5) is 63.5. The highest BCUT2D eigenvalue weighted by molar-refractivity contribution is 6.07. The van der Waals surface area contributed by atoms with Crippen LogP contribution < -0.4 is 25.3 Å². The summed E-state index contributed by atoms with van der Waals surface area (Å²) in [6.45, 7) is 7.74. The number of piperazine rings is 1. The number of pyridine rings is 1. The minimum absolute atomic E-state index is 0.0670. The second-order valence-corrected chi connectivity index (χ2v) is 15.0. The number of aromatic nitrogens is 3. The van der Waals surface area contributed by atoms with Gasteiger partial charge in [0.05, 0.1) is 29.7 Å². The molecule has 2 N–H and O–H groups in total. The molecule has 3 aliphatic heterocycles. The monoisotopic (exact) mass is 785 g/mol. The first kappa shape index (κ1) is 39.4. The van der Waals surface area contributed by atoms with Crippen LogP contribution in [0.5, 0.6) is 0 Å². The van der Waals surface area contributed by atoms with Crippen molar-refractivity contribution in [3.05, 3.63) is 88.7 Å². The lowest BCUT2D eigenvalue weighted by molar-refractivity contribution is -0.138. The largest absolute Gasteiger partial charge is 0.416 e. The quantitative estimate of drug-likeness (QED) is 0.222. The van der Waals surface area contributed by atoms with Gasteiger partial charge in [-0.05, 0) is 75.0 Å². The number of alkyl halides is 3. The number of urea groups is 1. The van der Waals surface area contributed by atoms with Gasteiger partial charge in [0.25, 0.3) is 5.91 Å². The van der Waals surface area contributed by atoms with Gasteiger partial charge < -0.3 is 25.3 Å². The number of hydrogen-bond acceptors (Lipinski definition) is 10. The third-order valence-electron chi connectivity index (χ3n) is 10.9. The lowest BCUT2D eigenvalue weighted by Crippen LogP contribution is -2.48. The summed E-state index contributed by atoms with van der Waals surface area (Å²) >= 11 is 0. The summed E-state index contributed by atoms with van der Waals surface area (Å²) in [6, 6.07) is 12.4. The number of halogens is 3. The Morgan fingerprint density at radius 1 is 0.947 bits per heavy atom. The van der Waals surface area contributed by atoms with Gasteiger partial charge in [0.1, 0.15) is 11.6 Å². The van der Waals surface area contributed by atoms with Crippen LogP contribution in [0.4, 0.5) is 52.6 Å². The molecule has 2 fully saturated rings. The van der Waals surface area contributed by atoms with Gasteiger partial charge in [0.15, 0.2) is 0 Å². The van der Waals surface area contributed by atoms with Crippen LogP contribution in [0.3, 0.4) is 0 Å². The Hall–Kier alpha value is -5.81. The summed E-state index contributed by atoms with van der Waals surface area (Å²) in [7, 11) is 5.54. The van der Waals surface area contributed by atoms with Crippen molar-refractivity contribution in [1.29, 1.82) is 0 Å². The number of benzene rings is 2. The van der Waals surface area contributed by atoms with E-state index in [9.17, 15) is 27.6 Å². The summed E-state index contributed by atoms with van der Waals surface area (Å²) in [5.41, 5.74) is 2.09. The Bertz CT molecular complexity index is 2160. The molecular weight excluding hydrogens is 740 g/mol. The minimum Gasteiger partial charge on any atom is -0.353 e. The highest BCUT2D eigenvalue weighted by Crippen LogP contribution is 2.36. The normalized spacial score (nSPS) is 17.6. The van der Waals surface area contributed by atoms with E-state index in [-0.39, 0.29) is 48.1 Å². The SMILES string of the molecule is CC(=O)N1CCN(c2ccc(Nc3ncc4c(n3)N(C)C(=O)N(c3cc(NC(=O)c5ccc(CN6CCC(N(C)C)C6)c(C(F)(F)F)c5)ccc3C)C4)cn2)CC1. The lowest BCUT2D eigenvalue weighted by atomic mass is 10.0. The van der Waals surface area contributed by atoms with E-state index in [1.54, 1.807) is 49.5 Å². The van der Waals surface area contributed by atoms with Crippen LogP contribution in [0.15, 0.2) is 60.9 Å². The molecule has 1 atom stereocenters. The van der Waals surface area contributed by atoms with E-state index in [4.69, 9.17) is 0 Å². The molecule has 0 radical (unpaired) electrons. The Labute approximate surface area is 329 Å². The fourth-order valence-corrected chi connectivity index (χ4v) is 7.50. The molecule has 2 saturated heterocycles. The number of carbonyl (C=O) groups is 3. The summed E-state index contributed by atoms with van der Waals surface area (Å²) < 4.78 is 42.8. The Morgan fingerprint density at radius 3 is 2.37 bits per heavy atom. The van der Waals surface area contributed by atoms with Crippen molar-refractivity contribution in [2.45, 2.75) is 45.6 Å². The number of anilines is 6. The van der Waals surface area contributed by atoms with Crippen LogP contribution in [0, 0.1) is 6.92 Å². The Balaban J connectivity index is 1.02. The molecule has 0 spiro atoms. The molecule has 0 saturated carbocycles. The standard InChI is InChI=1S/C40H46F3N11O3/c1-25-6-9-30(46-37(56)27-7-8-28(33(18-27)40(41,42)43)22-51-13-12-32(24-51)49(3)4)19-34(25)54-23-29-20-45-38(48-36(29)50(5)39(54)57)47-31-10-11-35(44-21-31)53-16-14-52(15-17-53)26(2)55/h6-11,18-21,32H,12-17,22-24H2,1-5H3,(H,46,56)(H,45,47,48). The van der Waals surface area contributed by atoms with Crippen LogP contribution >= 0.6 is 0 Å². The zero-order valence-electron chi connectivity index (χ0n) is 32.6. The van der Waals surface area contributed by atoms with E-state index in [0.717, 1.165) is 23.9 Å². The lowest BCUT2D eigenvalue weighted by Gasteiger charge is -2.35. The van der Waals surface area contributed by atoms with Gasteiger partial charge in [-0.1, -0.05) is 12.1 Å². The first-order valence-electron chi connectivity index (χ1n) is 18.8. The van der Waals surface area contributed by atoms with Gasteiger partial charge in [0.2, 0.25) is 11.9 Å². The fraction of sp³-hybridized carbons (Fsp3) is 0.400. The van der Waals surface area contributed by atoms with E-state index in [0.29, 0.717) is 67.7 Å². The summed E-state index contributed by atoms with van der Waals surface area (Å²) in [5, 5.41) is 5.88. The number of carbonyl (C=O) groups excluding carboxylic acids is 3. The zero-order valence-corrected chi connectivity index (χ0v) is 32.6. The van der Waals surface area contributed by atoms with Crippen molar-refractivity contribution >= 4 is 52.5 Å². The van der Waals surface area contributed by atoms with Gasteiger partial charge in [-0.2, -0.15) is 18.2 Å². The molecule has 4 amide bonds. The number of nitrogens with zero attached hydrogens (tertiary/aromatic N) is 9. The zero-order chi connectivity index (χ0) is 40.6. The van der Waals surface area contributed by atoms with E-state index in [1.165, 1.54) is 17.0 Å². The predicted octanol–water partition coefficient (Wildman–Crippen LogP) is 5.58. The smallest absolute Gasteiger partial charge is 0.353 e. The van der Waals surface area contributed by atoms with Gasteiger partial charge in [-0.25, -0.2) is 14.8 Å². The highest BCUT2D eigenvalue weighted by atomic mass is 19.4. The first-order chi connectivity index (χ1) is 27.1. The third-order valence-corrected chi connectivity index (χ3v) is 10.9. The number of aryl methyl sites for hydroxylation is 1. The molecule has 300 valence electrons. The molecule has 3 aliphatic rings. The predicted molar refractivity (Wildman–Crippen MR) is 212 cm³/mol. The summed E-state index contributed by atoms with van der Waals surface area (Å²) in [5.74, 6) is 0.875. The molecule has 5 heterocycles. The summed E-state index contributed by atoms with van der Waals surface area (Å²) in [6.07, 6.45) is -0.436. The average Bonchev–Trinajstić information content (AvgIpc) is 3.66. The van der Waals surface area contributed by atoms with E-state index in [2.05, 4.69) is 35.4 Å². The first-order valence-corrected chi connectivity index (χ1v) is 18.8. The molecule has 4 aromatic rings. The van der Waals surface area contributed by atoms with Gasteiger partial charge in [-0.15, -0.1) is 0 Å². The number of nitrogens with one attached hydrogen (secondary N) is 2. The maximum absolute atomic E-state index is 14.3. The highest BCUT2D eigenvalue weighted by Gasteiger charge is 2.36. The molecule has 14 nitrogen and oxygen atoms in total. The maximum Gasteiger partial charge on any atom is 0.416 e.